The van der Waals surface area contributed by atoms with E-state index >= 15 is 0 Å². The summed E-state index contributed by atoms with van der Waals surface area (Å²) in [4.78, 5) is 23.7. The molecule has 0 N–H and O–H groups in total. The predicted molar refractivity (Wildman–Crippen MR) is 69.3 cm³/mol. The van der Waals surface area contributed by atoms with Gasteiger partial charge < -0.3 is 4.57 Å². The quantitative estimate of drug-likeness (QED) is 0.840. The topological polar surface area (TPSA) is 69.8 Å². The van der Waals surface area contributed by atoms with Crippen molar-refractivity contribution in [2.75, 3.05) is 0 Å². The van der Waals surface area contributed by atoms with E-state index in [0.29, 0.717) is 16.0 Å². The maximum absolute atomic E-state index is 12.0. The summed E-state index contributed by atoms with van der Waals surface area (Å²) >= 11 is 6.82. The first kappa shape index (κ1) is 13.0. The van der Waals surface area contributed by atoms with Gasteiger partial charge in [0, 0.05) is 18.8 Å². The van der Waals surface area contributed by atoms with E-state index in [9.17, 15) is 9.59 Å². The highest BCUT2D eigenvalue weighted by Crippen LogP contribution is 2.14. The third kappa shape index (κ3) is 2.68. The van der Waals surface area contributed by atoms with E-state index in [-0.39, 0.29) is 17.8 Å². The number of hydrogen-bond acceptors (Lipinski definition) is 5. The SMILES string of the molecule is CCCn1ccc(=O)n(Cc2nnc(Cl)s2)c1=O. The minimum absolute atomic E-state index is 0.104. The molecular formula is C10H11ClN4O2S. The second-order valence-electron chi connectivity index (χ2n) is 3.66. The van der Waals surface area contributed by atoms with Gasteiger partial charge in [0.05, 0.1) is 6.54 Å². The van der Waals surface area contributed by atoms with Crippen molar-refractivity contribution in [2.24, 2.45) is 0 Å². The zero-order chi connectivity index (χ0) is 13.1. The van der Waals surface area contributed by atoms with Gasteiger partial charge in [0.2, 0.25) is 4.47 Å². The minimum atomic E-state index is -0.348. The Balaban J connectivity index is 2.40. The van der Waals surface area contributed by atoms with Gasteiger partial charge in [-0.2, -0.15) is 0 Å². The summed E-state index contributed by atoms with van der Waals surface area (Å²) in [5.74, 6) is 0. The summed E-state index contributed by atoms with van der Waals surface area (Å²) in [6, 6.07) is 1.37. The Labute approximate surface area is 111 Å². The molecule has 0 fully saturated rings. The number of halogens is 1. The van der Waals surface area contributed by atoms with Crippen molar-refractivity contribution < 1.29 is 0 Å². The highest BCUT2D eigenvalue weighted by atomic mass is 35.5. The van der Waals surface area contributed by atoms with Crippen LogP contribution >= 0.6 is 22.9 Å². The van der Waals surface area contributed by atoms with Crippen LogP contribution in [0, 0.1) is 0 Å². The molecule has 0 spiro atoms. The van der Waals surface area contributed by atoms with E-state index in [1.54, 1.807) is 0 Å². The van der Waals surface area contributed by atoms with Gasteiger partial charge in [-0.3, -0.25) is 9.36 Å². The lowest BCUT2D eigenvalue weighted by Gasteiger charge is -2.07. The van der Waals surface area contributed by atoms with Crippen molar-refractivity contribution in [1.29, 1.82) is 0 Å². The summed E-state index contributed by atoms with van der Waals surface area (Å²) in [5, 5.41) is 7.97. The molecule has 6 nitrogen and oxygen atoms in total. The summed E-state index contributed by atoms with van der Waals surface area (Å²) < 4.78 is 2.93. The van der Waals surface area contributed by atoms with Crippen molar-refractivity contribution in [1.82, 2.24) is 19.3 Å². The van der Waals surface area contributed by atoms with Crippen LogP contribution in [0.4, 0.5) is 0 Å². The molecule has 0 atom stereocenters. The Hall–Kier alpha value is -1.47. The number of rotatable bonds is 4. The largest absolute Gasteiger partial charge is 0.331 e. The number of nitrogens with zero attached hydrogens (tertiary/aromatic N) is 4. The van der Waals surface area contributed by atoms with Crippen LogP contribution in [0.25, 0.3) is 0 Å². The fourth-order valence-corrected chi connectivity index (χ4v) is 2.40. The van der Waals surface area contributed by atoms with Crippen LogP contribution in [0.1, 0.15) is 18.4 Å². The molecule has 96 valence electrons. The Kier molecular flexibility index (Phi) is 3.93. The maximum atomic E-state index is 12.0. The van der Waals surface area contributed by atoms with Gasteiger partial charge in [-0.05, 0) is 18.0 Å². The molecule has 18 heavy (non-hydrogen) atoms. The summed E-state index contributed by atoms with van der Waals surface area (Å²) in [7, 11) is 0. The van der Waals surface area contributed by atoms with E-state index in [1.807, 2.05) is 6.92 Å². The second-order valence-corrected chi connectivity index (χ2v) is 5.31. The zero-order valence-electron chi connectivity index (χ0n) is 9.67. The van der Waals surface area contributed by atoms with Crippen LogP contribution in [-0.2, 0) is 13.1 Å². The standard InChI is InChI=1S/C10H11ClN4O2S/c1-2-4-14-5-3-8(16)15(10(14)17)6-7-12-13-9(11)18-7/h3,5H,2,4,6H2,1H3. The molecule has 0 radical (unpaired) electrons. The van der Waals surface area contributed by atoms with Gasteiger partial charge in [-0.25, -0.2) is 4.79 Å². The van der Waals surface area contributed by atoms with Crippen molar-refractivity contribution in [3.8, 4) is 0 Å². The Morgan fingerprint density at radius 1 is 1.39 bits per heavy atom. The monoisotopic (exact) mass is 286 g/mol. The normalized spacial score (nSPS) is 10.8. The molecule has 2 aromatic heterocycles. The summed E-state index contributed by atoms with van der Waals surface area (Å²) in [5.41, 5.74) is -0.686. The van der Waals surface area contributed by atoms with Gasteiger partial charge >= 0.3 is 5.69 Å². The smallest absolute Gasteiger partial charge is 0.300 e. The fourth-order valence-electron chi connectivity index (χ4n) is 1.55. The van der Waals surface area contributed by atoms with Crippen LogP contribution in [-0.4, -0.2) is 19.3 Å². The number of hydrogen-bond donors (Lipinski definition) is 0. The predicted octanol–water partition coefficient (Wildman–Crippen LogP) is 0.973. The number of aryl methyl sites for hydroxylation is 1. The first-order valence-corrected chi connectivity index (χ1v) is 6.59. The zero-order valence-corrected chi connectivity index (χ0v) is 11.2. The van der Waals surface area contributed by atoms with Crippen molar-refractivity contribution >= 4 is 22.9 Å². The lowest BCUT2D eigenvalue weighted by Crippen LogP contribution is -2.39. The third-order valence-corrected chi connectivity index (χ3v) is 3.34. The van der Waals surface area contributed by atoms with Crippen LogP contribution in [0.3, 0.4) is 0 Å². The molecule has 2 rings (SSSR count). The molecule has 2 heterocycles. The number of aromatic nitrogens is 4. The van der Waals surface area contributed by atoms with Crippen molar-refractivity contribution in [3.63, 3.8) is 0 Å². The second kappa shape index (κ2) is 5.45. The van der Waals surface area contributed by atoms with Crippen LogP contribution < -0.4 is 11.2 Å². The van der Waals surface area contributed by atoms with Gasteiger partial charge in [-0.1, -0.05) is 18.3 Å². The van der Waals surface area contributed by atoms with E-state index < -0.39 is 0 Å². The third-order valence-electron chi connectivity index (χ3n) is 2.34. The molecule has 0 saturated carbocycles. The van der Waals surface area contributed by atoms with Gasteiger partial charge in [0.25, 0.3) is 5.56 Å². The molecule has 0 aliphatic heterocycles. The lowest BCUT2D eigenvalue weighted by atomic mass is 10.4. The highest BCUT2D eigenvalue weighted by Gasteiger charge is 2.08. The van der Waals surface area contributed by atoms with Crippen LogP contribution in [0.2, 0.25) is 4.47 Å². The molecule has 0 aliphatic carbocycles. The Bertz CT molecular complexity index is 660. The molecular weight excluding hydrogens is 276 g/mol. The maximum Gasteiger partial charge on any atom is 0.331 e. The summed E-state index contributed by atoms with van der Waals surface area (Å²) in [6.07, 6.45) is 2.33. The van der Waals surface area contributed by atoms with E-state index in [4.69, 9.17) is 11.6 Å². The van der Waals surface area contributed by atoms with Gasteiger partial charge in [0.15, 0.2) is 0 Å². The molecule has 0 unspecified atom stereocenters. The molecule has 8 heteroatoms. The molecule has 0 aromatic carbocycles. The van der Waals surface area contributed by atoms with E-state index in [2.05, 4.69) is 10.2 Å². The van der Waals surface area contributed by atoms with Crippen LogP contribution in [0.5, 0.6) is 0 Å². The van der Waals surface area contributed by atoms with Crippen LogP contribution in [0.15, 0.2) is 21.9 Å². The van der Waals surface area contributed by atoms with Crippen molar-refractivity contribution in [2.45, 2.75) is 26.4 Å². The Morgan fingerprint density at radius 3 is 2.78 bits per heavy atom. The minimum Gasteiger partial charge on any atom is -0.300 e. The average Bonchev–Trinajstić information content (AvgIpc) is 2.74. The highest BCUT2D eigenvalue weighted by molar-refractivity contribution is 7.15. The molecule has 0 bridgehead atoms. The van der Waals surface area contributed by atoms with E-state index in [1.165, 1.54) is 16.8 Å². The van der Waals surface area contributed by atoms with Crippen molar-refractivity contribution in [3.05, 3.63) is 42.6 Å². The fraction of sp³-hybridized carbons (Fsp3) is 0.400. The molecule has 0 amide bonds. The average molecular weight is 287 g/mol. The molecule has 2 aromatic rings. The van der Waals surface area contributed by atoms with Gasteiger partial charge in [-0.15, -0.1) is 10.2 Å². The lowest BCUT2D eigenvalue weighted by molar-refractivity contribution is 0.569. The Morgan fingerprint density at radius 2 is 2.17 bits per heavy atom. The molecule has 0 aliphatic rings. The van der Waals surface area contributed by atoms with E-state index in [0.717, 1.165) is 22.3 Å². The first-order chi connectivity index (χ1) is 8.61. The van der Waals surface area contributed by atoms with Gasteiger partial charge in [0.1, 0.15) is 5.01 Å². The summed E-state index contributed by atoms with van der Waals surface area (Å²) in [6.45, 7) is 2.65. The first-order valence-electron chi connectivity index (χ1n) is 5.40. The molecule has 0 saturated heterocycles.